The predicted molar refractivity (Wildman–Crippen MR) is 345 cm³/mol. The van der Waals surface area contributed by atoms with Crippen LogP contribution in [0.4, 0.5) is 0 Å². The third kappa shape index (κ3) is 16.9. The molecule has 22 heteroatoms. The Bertz CT molecular complexity index is 3180. The van der Waals surface area contributed by atoms with Gasteiger partial charge in [-0.2, -0.15) is 10.5 Å². The number of benzene rings is 4. The maximum Gasteiger partial charge on any atom is 0.498 e. The van der Waals surface area contributed by atoms with Crippen LogP contribution in [-0.4, -0.2) is 113 Å². The van der Waals surface area contributed by atoms with Crippen molar-refractivity contribution in [1.29, 1.82) is 10.5 Å². The molecule has 4 aromatic rings. The number of carbonyl (C=O) groups is 4. The molecule has 18 nitrogen and oxygen atoms in total. The van der Waals surface area contributed by atoms with E-state index in [9.17, 15) is 24.4 Å². The summed E-state index contributed by atoms with van der Waals surface area (Å²) >= 11 is 3.38. The molecule has 7 rings (SSSR count). The summed E-state index contributed by atoms with van der Waals surface area (Å²) in [7, 11) is -1.69. The van der Waals surface area contributed by atoms with E-state index in [0.717, 1.165) is 22.3 Å². The van der Waals surface area contributed by atoms with Crippen molar-refractivity contribution >= 4 is 66.2 Å². The molecule has 3 saturated heterocycles. The zero-order valence-electron chi connectivity index (χ0n) is 55.0. The number of nitriles is 2. The standard InChI is InChI=1S/C29H38BN3O5.C23H26BrN3O3.C12H24B2O4.CH4/c1-18-15-19(2)17-21(16-18)26(35)33(27(4,5)6)32-25(34)22-11-12-23(24(20(22)3)36-14-13-31)30-37-28(7,8)29(9,10)38-30;1-14-11-15(2)13-17(12-14)22(29)27(23(4,5)6)26-21(28)18-7-8-19(24)20(16(18)3)30-10-9-25;1-9(2)10(3,4)16-13(15-9)14-17-11(5,6)12(7,8)18-14;/h11-12,15-17H,14H2,1-10H3,(H,32,34);7-8,11-13H,10H2,1-6H3,(H,26,28);1-8H3;1H4. The number of nitrogens with one attached hydrogen (secondary N) is 2. The number of hydrazine groups is 2. The number of rotatable bonds is 10. The largest absolute Gasteiger partial charge is 0.498 e. The Morgan fingerprint density at radius 2 is 0.805 bits per heavy atom. The van der Waals surface area contributed by atoms with Gasteiger partial charge in [0.05, 0.1) is 49.2 Å². The highest BCUT2D eigenvalue weighted by Crippen LogP contribution is 2.43. The van der Waals surface area contributed by atoms with Crippen LogP contribution in [0.3, 0.4) is 0 Å². The van der Waals surface area contributed by atoms with Crippen LogP contribution in [0.15, 0.2) is 65.1 Å². The van der Waals surface area contributed by atoms with E-state index in [4.69, 9.17) is 42.7 Å². The lowest BCUT2D eigenvalue weighted by Crippen LogP contribution is -2.56. The average Bonchev–Trinajstić information content (AvgIpc) is 1.82. The van der Waals surface area contributed by atoms with Crippen molar-refractivity contribution in [3.8, 4) is 23.6 Å². The van der Waals surface area contributed by atoms with Gasteiger partial charge < -0.3 is 37.4 Å². The van der Waals surface area contributed by atoms with Crippen LogP contribution in [0.25, 0.3) is 0 Å². The number of carbonyl (C=O) groups excluding carboxylic acids is 4. The van der Waals surface area contributed by atoms with Crippen LogP contribution < -0.4 is 25.8 Å². The second-order valence-corrected chi connectivity index (χ2v) is 28.0. The summed E-state index contributed by atoms with van der Waals surface area (Å²) in [5.74, 6) is -0.747. The van der Waals surface area contributed by atoms with E-state index < -0.39 is 55.2 Å². The number of ether oxygens (including phenoxy) is 2. The topological polar surface area (TPSA) is 220 Å². The minimum atomic E-state index is -0.735. The van der Waals surface area contributed by atoms with Crippen molar-refractivity contribution in [2.24, 2.45) is 0 Å². The van der Waals surface area contributed by atoms with Crippen LogP contribution in [0.5, 0.6) is 11.5 Å². The average molecular weight is 1260 g/mol. The summed E-state index contributed by atoms with van der Waals surface area (Å²) in [5.41, 5.74) is 8.82. The Morgan fingerprint density at radius 1 is 0.506 bits per heavy atom. The van der Waals surface area contributed by atoms with E-state index in [1.165, 1.54) is 10.0 Å². The quantitative estimate of drug-likeness (QED) is 0.111. The highest BCUT2D eigenvalue weighted by atomic mass is 79.9. The highest BCUT2D eigenvalue weighted by Gasteiger charge is 2.64. The van der Waals surface area contributed by atoms with Gasteiger partial charge in [-0.1, -0.05) is 47.9 Å². The van der Waals surface area contributed by atoms with Crippen molar-refractivity contribution in [1.82, 2.24) is 20.9 Å². The lowest BCUT2D eigenvalue weighted by molar-refractivity contribution is 0.00578. The molecule has 0 aliphatic carbocycles. The molecule has 0 aromatic heterocycles. The molecule has 0 unspecified atom stereocenters. The molecule has 3 aliphatic heterocycles. The van der Waals surface area contributed by atoms with E-state index in [2.05, 4.69) is 26.8 Å². The maximum atomic E-state index is 13.6. The summed E-state index contributed by atoms with van der Waals surface area (Å²) < 4.78 is 48.1. The third-order valence-corrected chi connectivity index (χ3v) is 16.9. The fourth-order valence-electron chi connectivity index (χ4n) is 9.42. The van der Waals surface area contributed by atoms with Gasteiger partial charge in [0.2, 0.25) is 0 Å². The molecular formula is C65H92B3BrN6O12. The van der Waals surface area contributed by atoms with Gasteiger partial charge in [-0.25, -0.2) is 10.0 Å². The predicted octanol–water partition coefficient (Wildman–Crippen LogP) is 12.1. The molecule has 3 aliphatic rings. The van der Waals surface area contributed by atoms with Crippen LogP contribution in [0, 0.1) is 64.2 Å². The second kappa shape index (κ2) is 27.3. The van der Waals surface area contributed by atoms with Crippen LogP contribution in [0.2, 0.25) is 0 Å². The molecule has 87 heavy (non-hydrogen) atoms. The van der Waals surface area contributed by atoms with Gasteiger partial charge in [0, 0.05) is 38.8 Å². The Balaban J connectivity index is 0.000000294. The number of amides is 4. The van der Waals surface area contributed by atoms with Gasteiger partial charge in [0.1, 0.15) is 23.6 Å². The summed E-state index contributed by atoms with van der Waals surface area (Å²) in [6, 6.07) is 21.8. The van der Waals surface area contributed by atoms with Gasteiger partial charge in [-0.05, 0) is 225 Å². The normalized spacial score (nSPS) is 17.4. The van der Waals surface area contributed by atoms with E-state index in [1.807, 2.05) is 177 Å². The zero-order chi connectivity index (χ0) is 65.2. The number of nitrogens with zero attached hydrogens (tertiary/aromatic N) is 4. The van der Waals surface area contributed by atoms with Crippen molar-refractivity contribution in [3.63, 3.8) is 0 Å². The lowest BCUT2D eigenvalue weighted by Gasteiger charge is -2.36. The van der Waals surface area contributed by atoms with Gasteiger partial charge in [-0.15, -0.1) is 0 Å². The van der Waals surface area contributed by atoms with Crippen molar-refractivity contribution < 1.29 is 56.6 Å². The molecule has 0 spiro atoms. The van der Waals surface area contributed by atoms with Crippen LogP contribution in [0.1, 0.15) is 207 Å². The number of hydrogen-bond acceptors (Lipinski definition) is 14. The van der Waals surface area contributed by atoms with Crippen molar-refractivity contribution in [2.75, 3.05) is 13.2 Å². The van der Waals surface area contributed by atoms with Gasteiger partial charge in [-0.3, -0.25) is 30.0 Å². The molecule has 470 valence electrons. The van der Waals surface area contributed by atoms with Crippen molar-refractivity contribution in [3.05, 3.63) is 121 Å². The molecular weight excluding hydrogens is 1170 g/mol. The molecule has 0 atom stereocenters. The first-order valence-electron chi connectivity index (χ1n) is 28.8. The van der Waals surface area contributed by atoms with Crippen LogP contribution >= 0.6 is 15.9 Å². The Morgan fingerprint density at radius 3 is 1.13 bits per heavy atom. The van der Waals surface area contributed by atoms with Gasteiger partial charge >= 0.3 is 21.1 Å². The Kier molecular flexibility index (Phi) is 22.9. The molecule has 3 fully saturated rings. The molecule has 0 saturated carbocycles. The number of aryl methyl sites for hydroxylation is 4. The molecule has 4 amide bonds. The molecule has 2 N–H and O–H groups in total. The van der Waals surface area contributed by atoms with Gasteiger partial charge in [0.15, 0.2) is 13.2 Å². The second-order valence-electron chi connectivity index (χ2n) is 27.2. The minimum Gasteiger partial charge on any atom is -0.479 e. The van der Waals surface area contributed by atoms with E-state index in [1.54, 1.807) is 62.4 Å². The van der Waals surface area contributed by atoms with Crippen LogP contribution in [-0.2, 0) is 27.9 Å². The lowest BCUT2D eigenvalue weighted by atomic mass is 9.49. The summed E-state index contributed by atoms with van der Waals surface area (Å²) in [6.07, 6.45) is 0. The smallest absolute Gasteiger partial charge is 0.479 e. The molecule has 4 aromatic carbocycles. The molecule has 3 heterocycles. The molecule has 0 radical (unpaired) electrons. The number of hydrogen-bond donors (Lipinski definition) is 2. The first-order valence-corrected chi connectivity index (χ1v) is 29.6. The fraction of sp³-hybridized carbons (Fsp3) is 0.538. The van der Waals surface area contributed by atoms with E-state index in [-0.39, 0.29) is 54.9 Å². The Hall–Kier alpha value is -6.23. The summed E-state index contributed by atoms with van der Waals surface area (Å²) in [4.78, 5) is 53.4. The molecule has 0 bridgehead atoms. The highest BCUT2D eigenvalue weighted by molar-refractivity contribution is 9.10. The fourth-order valence-corrected chi connectivity index (χ4v) is 9.96. The summed E-state index contributed by atoms with van der Waals surface area (Å²) in [5, 5.41) is 20.7. The first kappa shape index (κ1) is 73.2. The number of halogens is 1. The van der Waals surface area contributed by atoms with Crippen molar-refractivity contribution in [2.45, 2.75) is 218 Å². The van der Waals surface area contributed by atoms with Gasteiger partial charge in [0.25, 0.3) is 23.6 Å². The third-order valence-electron chi connectivity index (χ3n) is 16.2. The zero-order valence-corrected chi connectivity index (χ0v) is 56.6. The first-order chi connectivity index (χ1) is 39.3. The minimum absolute atomic E-state index is 0. The summed E-state index contributed by atoms with van der Waals surface area (Å²) in [6.45, 7) is 46.0. The maximum absolute atomic E-state index is 13.6. The monoisotopic (exact) mass is 1260 g/mol. The van der Waals surface area contributed by atoms with E-state index in [0.29, 0.717) is 54.8 Å². The van der Waals surface area contributed by atoms with E-state index >= 15 is 0 Å². The Labute approximate surface area is 527 Å². The SMILES string of the molecule is C.CC1(C)OB(B2OC(C)(C)C(C)(C)O2)OC1(C)C.Cc1cc(C)cc(C(=O)N(NC(=O)c2ccc(B3OC(C)(C)C(C)(C)O3)c(OCC#N)c2C)C(C)(C)C)c1.Cc1cc(C)cc(C(=O)N(NC(=O)c2ccc(Br)c(OCC#N)c2C)C(C)(C)C)c1.